The number of ketones is 1. The van der Waals surface area contributed by atoms with Gasteiger partial charge in [0.15, 0.2) is 0 Å². The normalized spacial score (nSPS) is 10.2. The highest BCUT2D eigenvalue weighted by Gasteiger charge is 2.08. The van der Waals surface area contributed by atoms with Gasteiger partial charge in [-0.3, -0.25) is 4.79 Å². The molecule has 0 unspecified atom stereocenters. The first-order chi connectivity index (χ1) is 7.71. The summed E-state index contributed by atoms with van der Waals surface area (Å²) in [6.45, 7) is 2.55. The molecule has 0 aliphatic carbocycles. The predicted octanol–water partition coefficient (Wildman–Crippen LogP) is 3.49. The highest BCUT2D eigenvalue weighted by atomic mass is 79.9. The maximum Gasteiger partial charge on any atom is 0.147 e. The van der Waals surface area contributed by atoms with Gasteiger partial charge in [-0.25, -0.2) is 0 Å². The van der Waals surface area contributed by atoms with Crippen LogP contribution < -0.4 is 4.74 Å². The molecule has 0 radical (unpaired) electrons. The number of alkyl halides is 2. The van der Waals surface area contributed by atoms with E-state index in [-0.39, 0.29) is 5.78 Å². The van der Waals surface area contributed by atoms with E-state index in [0.29, 0.717) is 18.4 Å². The van der Waals surface area contributed by atoms with Crippen LogP contribution in [0.25, 0.3) is 0 Å². The van der Waals surface area contributed by atoms with E-state index in [0.717, 1.165) is 22.2 Å². The summed E-state index contributed by atoms with van der Waals surface area (Å²) in [4.78, 5) is 11.4. The molecule has 1 aromatic rings. The molecule has 1 aromatic carbocycles. The minimum Gasteiger partial charge on any atom is -0.494 e. The summed E-state index contributed by atoms with van der Waals surface area (Å²) in [7, 11) is 0. The van der Waals surface area contributed by atoms with Gasteiger partial charge in [-0.05, 0) is 18.6 Å². The van der Waals surface area contributed by atoms with Crippen LogP contribution >= 0.6 is 31.9 Å². The zero-order valence-electron chi connectivity index (χ0n) is 9.13. The molecule has 0 spiro atoms. The fourth-order valence-corrected chi connectivity index (χ4v) is 1.92. The number of Topliss-reactive ketones (excluding diaryl/α,β-unsaturated/α-hetero) is 1. The van der Waals surface area contributed by atoms with Crippen molar-refractivity contribution in [3.63, 3.8) is 0 Å². The number of carbonyl (C=O) groups excluding carboxylic acids is 1. The van der Waals surface area contributed by atoms with Crippen LogP contribution in [0.15, 0.2) is 18.2 Å². The lowest BCUT2D eigenvalue weighted by molar-refractivity contribution is -0.115. The Balaban J connectivity index is 2.93. The summed E-state index contributed by atoms with van der Waals surface area (Å²) < 4.78 is 5.54. The molecule has 0 saturated carbocycles. The molecule has 0 aliphatic rings. The molecule has 0 fully saturated rings. The van der Waals surface area contributed by atoms with Crippen LogP contribution in [-0.2, 0) is 16.5 Å². The van der Waals surface area contributed by atoms with Crippen molar-refractivity contribution in [2.75, 3.05) is 11.9 Å². The third kappa shape index (κ3) is 3.91. The summed E-state index contributed by atoms with van der Waals surface area (Å²) in [5, 5.41) is 1.18. The molecule has 0 N–H and O–H groups in total. The number of rotatable bonds is 6. The Morgan fingerprint density at radius 1 is 1.38 bits per heavy atom. The zero-order valence-corrected chi connectivity index (χ0v) is 12.3. The van der Waals surface area contributed by atoms with Crippen molar-refractivity contribution in [1.29, 1.82) is 0 Å². The maximum atomic E-state index is 11.4. The van der Waals surface area contributed by atoms with E-state index >= 15 is 0 Å². The predicted molar refractivity (Wildman–Crippen MR) is 72.7 cm³/mol. The molecule has 0 heterocycles. The molecular weight excluding hydrogens is 336 g/mol. The van der Waals surface area contributed by atoms with Crippen LogP contribution in [-0.4, -0.2) is 17.7 Å². The second kappa shape index (κ2) is 7.07. The summed E-state index contributed by atoms with van der Waals surface area (Å²) >= 11 is 6.57. The lowest BCUT2D eigenvalue weighted by atomic mass is 10.1. The summed E-state index contributed by atoms with van der Waals surface area (Å²) in [5.41, 5.74) is 2.11. The van der Waals surface area contributed by atoms with E-state index < -0.39 is 0 Å². The van der Waals surface area contributed by atoms with E-state index in [2.05, 4.69) is 31.9 Å². The molecule has 0 aromatic heterocycles. The third-order valence-corrected chi connectivity index (χ3v) is 3.40. The van der Waals surface area contributed by atoms with Crippen molar-refractivity contribution in [3.8, 4) is 5.75 Å². The number of benzene rings is 1. The van der Waals surface area contributed by atoms with Crippen molar-refractivity contribution in [3.05, 3.63) is 29.3 Å². The first-order valence-electron chi connectivity index (χ1n) is 5.09. The molecule has 0 bridgehead atoms. The highest BCUT2D eigenvalue weighted by Crippen LogP contribution is 2.23. The molecule has 1 rings (SSSR count). The van der Waals surface area contributed by atoms with E-state index in [1.165, 1.54) is 0 Å². The number of hydrogen-bond donors (Lipinski definition) is 0. The third-order valence-electron chi connectivity index (χ3n) is 2.12. The van der Waals surface area contributed by atoms with Gasteiger partial charge in [0.2, 0.25) is 0 Å². The van der Waals surface area contributed by atoms with Gasteiger partial charge >= 0.3 is 0 Å². The molecule has 16 heavy (non-hydrogen) atoms. The second-order valence-electron chi connectivity index (χ2n) is 3.36. The van der Waals surface area contributed by atoms with Gasteiger partial charge in [0, 0.05) is 17.3 Å². The van der Waals surface area contributed by atoms with Crippen LogP contribution in [0.1, 0.15) is 18.1 Å². The second-order valence-corrected chi connectivity index (χ2v) is 4.48. The number of ether oxygens (including phenoxy) is 1. The van der Waals surface area contributed by atoms with Crippen molar-refractivity contribution in [2.45, 2.75) is 18.7 Å². The Kier molecular flexibility index (Phi) is 6.06. The molecule has 2 nitrogen and oxygen atoms in total. The van der Waals surface area contributed by atoms with E-state index in [9.17, 15) is 4.79 Å². The van der Waals surface area contributed by atoms with Gasteiger partial charge in [0.1, 0.15) is 11.5 Å². The first-order valence-corrected chi connectivity index (χ1v) is 7.33. The van der Waals surface area contributed by atoms with Crippen molar-refractivity contribution >= 4 is 37.6 Å². The molecule has 88 valence electrons. The summed E-state index contributed by atoms with van der Waals surface area (Å²) in [5.74, 6) is 0.973. The largest absolute Gasteiger partial charge is 0.494 e. The van der Waals surface area contributed by atoms with Crippen molar-refractivity contribution in [2.24, 2.45) is 0 Å². The fraction of sp³-hybridized carbons (Fsp3) is 0.417. The molecule has 0 aliphatic heterocycles. The zero-order chi connectivity index (χ0) is 12.0. The lowest BCUT2D eigenvalue weighted by Crippen LogP contribution is -2.06. The van der Waals surface area contributed by atoms with Gasteiger partial charge in [-0.2, -0.15) is 0 Å². The molecule has 0 amide bonds. The standard InChI is InChI=1S/C12H14Br2O2/c1-2-16-12-5-9(7-13)3-4-10(12)6-11(15)8-14/h3-5H,2,6-8H2,1H3. The van der Waals surface area contributed by atoms with E-state index in [4.69, 9.17) is 4.74 Å². The van der Waals surface area contributed by atoms with Crippen LogP contribution in [0.5, 0.6) is 5.75 Å². The van der Waals surface area contributed by atoms with Crippen LogP contribution in [0.3, 0.4) is 0 Å². The highest BCUT2D eigenvalue weighted by molar-refractivity contribution is 9.09. The number of carbonyl (C=O) groups is 1. The van der Waals surface area contributed by atoms with Crippen molar-refractivity contribution in [1.82, 2.24) is 0 Å². The van der Waals surface area contributed by atoms with Gasteiger partial charge in [-0.1, -0.05) is 44.0 Å². The Morgan fingerprint density at radius 2 is 2.12 bits per heavy atom. The molecule has 4 heteroatoms. The van der Waals surface area contributed by atoms with Gasteiger partial charge in [0.25, 0.3) is 0 Å². The van der Waals surface area contributed by atoms with E-state index in [1.54, 1.807) is 0 Å². The Labute approximate surface area is 113 Å². The number of halogens is 2. The Morgan fingerprint density at radius 3 is 2.69 bits per heavy atom. The Hall–Kier alpha value is -0.350. The van der Waals surface area contributed by atoms with Gasteiger partial charge in [0.05, 0.1) is 11.9 Å². The molecular formula is C12H14Br2O2. The smallest absolute Gasteiger partial charge is 0.147 e. The molecule has 0 saturated heterocycles. The van der Waals surface area contributed by atoms with Gasteiger partial charge in [-0.15, -0.1) is 0 Å². The fourth-order valence-electron chi connectivity index (χ4n) is 1.38. The average Bonchev–Trinajstić information content (AvgIpc) is 2.31. The van der Waals surface area contributed by atoms with Crippen LogP contribution in [0.4, 0.5) is 0 Å². The Bertz CT molecular complexity index is 364. The summed E-state index contributed by atoms with van der Waals surface area (Å²) in [6, 6.07) is 5.95. The van der Waals surface area contributed by atoms with E-state index in [1.807, 2.05) is 25.1 Å². The van der Waals surface area contributed by atoms with Crippen molar-refractivity contribution < 1.29 is 9.53 Å². The van der Waals surface area contributed by atoms with Crippen LogP contribution in [0.2, 0.25) is 0 Å². The number of hydrogen-bond acceptors (Lipinski definition) is 2. The SMILES string of the molecule is CCOc1cc(CBr)ccc1CC(=O)CBr. The average molecular weight is 350 g/mol. The topological polar surface area (TPSA) is 26.3 Å². The molecule has 0 atom stereocenters. The lowest BCUT2D eigenvalue weighted by Gasteiger charge is -2.10. The van der Waals surface area contributed by atoms with Gasteiger partial charge < -0.3 is 4.74 Å². The first kappa shape index (κ1) is 13.7. The monoisotopic (exact) mass is 348 g/mol. The van der Waals surface area contributed by atoms with Crippen LogP contribution in [0, 0.1) is 0 Å². The quantitative estimate of drug-likeness (QED) is 0.735. The minimum atomic E-state index is 0.160. The maximum absolute atomic E-state index is 11.4. The summed E-state index contributed by atoms with van der Waals surface area (Å²) in [6.07, 6.45) is 0.420. The minimum absolute atomic E-state index is 0.160.